The summed E-state index contributed by atoms with van der Waals surface area (Å²) in [4.78, 5) is 27.1. The number of carbonyl (C=O) groups excluding carboxylic acids is 2. The highest BCUT2D eigenvalue weighted by molar-refractivity contribution is 7.92. The maximum absolute atomic E-state index is 13.6. The molecule has 2 N–H and O–H groups in total. The molecule has 12 heteroatoms. The Balaban J connectivity index is 1.33. The van der Waals surface area contributed by atoms with E-state index in [0.29, 0.717) is 35.4 Å². The Morgan fingerprint density at radius 2 is 0.906 bits per heavy atom. The first kappa shape index (κ1) is 50.9. The molecule has 2 unspecified atom stereocenters. The third-order valence-electron chi connectivity index (χ3n) is 11.3. The van der Waals surface area contributed by atoms with Crippen molar-refractivity contribution in [1.29, 1.82) is 0 Å². The fourth-order valence-electron chi connectivity index (χ4n) is 8.03. The molecule has 64 heavy (non-hydrogen) atoms. The van der Waals surface area contributed by atoms with Gasteiger partial charge < -0.3 is 0 Å². The highest BCUT2D eigenvalue weighted by atomic mass is 32.2. The van der Waals surface area contributed by atoms with E-state index in [2.05, 4.69) is 37.1 Å². The van der Waals surface area contributed by atoms with Gasteiger partial charge in [-0.15, -0.1) is 0 Å². The molecule has 0 aliphatic heterocycles. The van der Waals surface area contributed by atoms with Gasteiger partial charge in [0.05, 0.1) is 12.5 Å². The molecule has 0 saturated carbocycles. The molecule has 0 aromatic carbocycles. The molecule has 0 spiro atoms. The summed E-state index contributed by atoms with van der Waals surface area (Å²) < 4.78 is 55.6. The maximum Gasteiger partial charge on any atom is 0.230 e. The van der Waals surface area contributed by atoms with Crippen LogP contribution >= 0.6 is 0 Å². The molecule has 2 aromatic heterocycles. The first-order valence-corrected chi connectivity index (χ1v) is 25.1. The number of pyridine rings is 2. The van der Waals surface area contributed by atoms with Crippen LogP contribution in [0.25, 0.3) is 0 Å². The van der Waals surface area contributed by atoms with E-state index in [4.69, 9.17) is 0 Å². The van der Waals surface area contributed by atoms with Crippen LogP contribution in [0.5, 0.6) is 0 Å². The summed E-state index contributed by atoms with van der Waals surface area (Å²) >= 11 is 0. The van der Waals surface area contributed by atoms with E-state index in [0.717, 1.165) is 46.0 Å². The van der Waals surface area contributed by atoms with Gasteiger partial charge in [-0.2, -0.15) is 9.13 Å². The maximum atomic E-state index is 13.6. The number of nitrogens with zero attached hydrogens (tertiary/aromatic N) is 2. The molecule has 0 amide bonds. The third kappa shape index (κ3) is 14.9. The van der Waals surface area contributed by atoms with Crippen molar-refractivity contribution in [2.24, 2.45) is 10.8 Å². The number of nitrogens with one attached hydrogen (secondary N) is 2. The second-order valence-electron chi connectivity index (χ2n) is 18.3. The van der Waals surface area contributed by atoms with Gasteiger partial charge in [0.1, 0.15) is 11.4 Å². The molecule has 2 atom stereocenters. The Hall–Kier alpha value is -5.72. The minimum Gasteiger partial charge on any atom is -0.287 e. The minimum absolute atomic E-state index is 0.0182. The third-order valence-corrected chi connectivity index (χ3v) is 12.5. The lowest BCUT2D eigenvalue weighted by Crippen LogP contribution is -2.48. The lowest BCUT2D eigenvalue weighted by Gasteiger charge is -2.34. The quantitative estimate of drug-likeness (QED) is 0.127. The average Bonchev–Trinajstić information content (AvgIpc) is 3.18. The van der Waals surface area contributed by atoms with E-state index in [1.165, 1.54) is 0 Å². The Morgan fingerprint density at radius 3 is 1.25 bits per heavy atom. The summed E-state index contributed by atoms with van der Waals surface area (Å²) in [5.74, 6) is 0.0364. The molecule has 0 saturated heterocycles. The smallest absolute Gasteiger partial charge is 0.230 e. The van der Waals surface area contributed by atoms with E-state index >= 15 is 0 Å². The molecule has 0 radical (unpaired) electrons. The van der Waals surface area contributed by atoms with Gasteiger partial charge in [0.2, 0.25) is 43.7 Å². The van der Waals surface area contributed by atoms with Crippen LogP contribution in [0.2, 0.25) is 0 Å². The summed E-state index contributed by atoms with van der Waals surface area (Å²) in [5.41, 5.74) is 7.92. The van der Waals surface area contributed by atoms with Crippen LogP contribution < -0.4 is 18.6 Å². The standard InChI is InChI=1S/C52H66N4O6S2/c1-37(21-15-23-39(3)27-29-45-41(5)49(57)47(33-51(45,7)8)55-31-17-25-43(35-55)53-63(11,59)60)19-13-14-20-38(2)22-16-24-40(4)28-30-46-42(6)50(58)48(34-52(46,9)10)56-32-18-26-44(36-56)54-64(12,61)62/h13-32,35-36,47-48,53-54H,33-34H2,1-12H3/q+2/b14-13+,21-15+,22-16+,29-27+,30-28+,37-19+,38-20+,39-23+,40-24+. The van der Waals surface area contributed by atoms with Crippen LogP contribution in [0.1, 0.15) is 94.2 Å². The second-order valence-corrected chi connectivity index (χ2v) is 21.8. The van der Waals surface area contributed by atoms with Crippen LogP contribution in [-0.4, -0.2) is 40.9 Å². The van der Waals surface area contributed by atoms with E-state index in [9.17, 15) is 26.4 Å². The zero-order valence-corrected chi connectivity index (χ0v) is 41.1. The number of allylic oxidation sites excluding steroid dienone is 22. The number of anilines is 2. The molecule has 4 rings (SSSR count). The van der Waals surface area contributed by atoms with Crippen LogP contribution in [0.15, 0.2) is 179 Å². The van der Waals surface area contributed by atoms with Crippen LogP contribution in [0.3, 0.4) is 0 Å². The van der Waals surface area contributed by atoms with Crippen molar-refractivity contribution >= 4 is 43.0 Å². The highest BCUT2D eigenvalue weighted by Gasteiger charge is 2.44. The summed E-state index contributed by atoms with van der Waals surface area (Å²) in [6.07, 6.45) is 38.8. The molecule has 2 aromatic rings. The van der Waals surface area contributed by atoms with Gasteiger partial charge in [0.25, 0.3) is 0 Å². The monoisotopic (exact) mass is 906 g/mol. The Morgan fingerprint density at radius 1 is 0.578 bits per heavy atom. The molecule has 2 aliphatic rings. The number of rotatable bonds is 16. The first-order chi connectivity index (χ1) is 29.8. The van der Waals surface area contributed by atoms with Crippen LogP contribution in [-0.2, 0) is 29.6 Å². The summed E-state index contributed by atoms with van der Waals surface area (Å²) in [5, 5.41) is 0. The number of sulfonamides is 2. The molecule has 0 bridgehead atoms. The topological polar surface area (TPSA) is 134 Å². The van der Waals surface area contributed by atoms with Gasteiger partial charge in [-0.05, 0) is 75.7 Å². The fourth-order valence-corrected chi connectivity index (χ4v) is 9.13. The number of hydrogen-bond acceptors (Lipinski definition) is 6. The van der Waals surface area contributed by atoms with Gasteiger partial charge in [-0.25, -0.2) is 16.8 Å². The molecule has 10 nitrogen and oxygen atoms in total. The van der Waals surface area contributed by atoms with Crippen molar-refractivity contribution in [2.75, 3.05) is 22.0 Å². The van der Waals surface area contributed by atoms with Gasteiger partial charge in [-0.1, -0.05) is 135 Å². The van der Waals surface area contributed by atoms with Gasteiger partial charge in [0.15, 0.2) is 24.8 Å². The van der Waals surface area contributed by atoms with E-state index in [1.54, 1.807) is 58.2 Å². The van der Waals surface area contributed by atoms with Crippen molar-refractivity contribution in [3.05, 3.63) is 179 Å². The summed E-state index contributed by atoms with van der Waals surface area (Å²) in [6.45, 7) is 20.4. The second kappa shape index (κ2) is 21.3. The van der Waals surface area contributed by atoms with E-state index < -0.39 is 32.1 Å². The number of aromatic nitrogens is 2. The predicted octanol–water partition coefficient (Wildman–Crippen LogP) is 9.98. The molecule has 2 heterocycles. The number of ketones is 2. The molecular weight excluding hydrogens is 841 g/mol. The first-order valence-electron chi connectivity index (χ1n) is 21.3. The fraction of sp³-hybridized carbons (Fsp3) is 0.346. The van der Waals surface area contributed by atoms with Crippen molar-refractivity contribution in [3.8, 4) is 0 Å². The zero-order valence-electron chi connectivity index (χ0n) is 39.4. The molecular formula is C52H66N4O6S2+2. The largest absolute Gasteiger partial charge is 0.287 e. The van der Waals surface area contributed by atoms with Crippen molar-refractivity contribution < 1.29 is 35.6 Å². The number of carbonyl (C=O) groups is 2. The Kier molecular flexibility index (Phi) is 17.0. The minimum atomic E-state index is -3.44. The lowest BCUT2D eigenvalue weighted by molar-refractivity contribution is -0.710. The van der Waals surface area contributed by atoms with Gasteiger partial charge >= 0.3 is 0 Å². The Bertz CT molecular complexity index is 2530. The van der Waals surface area contributed by atoms with E-state index in [-0.39, 0.29) is 22.4 Å². The van der Waals surface area contributed by atoms with Gasteiger partial charge in [-0.3, -0.25) is 19.0 Å². The highest BCUT2D eigenvalue weighted by Crippen LogP contribution is 2.43. The van der Waals surface area contributed by atoms with Crippen molar-refractivity contribution in [3.63, 3.8) is 0 Å². The Labute approximate surface area is 382 Å². The zero-order chi connectivity index (χ0) is 47.6. The van der Waals surface area contributed by atoms with Gasteiger partial charge in [0, 0.05) is 36.1 Å². The lowest BCUT2D eigenvalue weighted by atomic mass is 9.70. The average molecular weight is 907 g/mol. The summed E-state index contributed by atoms with van der Waals surface area (Å²) in [6, 6.07) is 5.95. The van der Waals surface area contributed by atoms with Crippen LogP contribution in [0.4, 0.5) is 11.4 Å². The van der Waals surface area contributed by atoms with Crippen LogP contribution in [0, 0.1) is 10.8 Å². The van der Waals surface area contributed by atoms with Crippen molar-refractivity contribution in [1.82, 2.24) is 0 Å². The summed E-state index contributed by atoms with van der Waals surface area (Å²) in [7, 11) is -6.88. The van der Waals surface area contributed by atoms with Crippen molar-refractivity contribution in [2.45, 2.75) is 94.2 Å². The molecule has 2 aliphatic carbocycles. The normalized spacial score (nSPS) is 20.9. The molecule has 340 valence electrons. The SMILES string of the molecule is CC1=C(/C=C/C(C)=C/C=C/C(C)=C/C=C/C=C(C)/C=C/C=C(C)/C=C/C2=C(C)C(=O)C([n+]3cccc(NS(C)(=O)=O)c3)CC2(C)C)C(C)(C)CC([n+]2cccc(NS(C)(=O)=O)c2)C1=O. The predicted molar refractivity (Wildman–Crippen MR) is 261 cm³/mol. The molecule has 0 fully saturated rings. The van der Waals surface area contributed by atoms with E-state index in [1.807, 2.05) is 127 Å². The number of hydrogen-bond donors (Lipinski definition) is 2. The number of Topliss-reactive ketones (excluding diaryl/α,β-unsaturated/α-hetero) is 2.